The summed E-state index contributed by atoms with van der Waals surface area (Å²) in [4.78, 5) is 8.81. The zero-order valence-corrected chi connectivity index (χ0v) is 21.6. The molecule has 5 rings (SSSR count). The van der Waals surface area contributed by atoms with E-state index in [2.05, 4.69) is 20.6 Å². The number of rotatable bonds is 8. The Labute approximate surface area is 220 Å². The lowest BCUT2D eigenvalue weighted by Gasteiger charge is -2.12. The van der Waals surface area contributed by atoms with Crippen molar-refractivity contribution in [3.05, 3.63) is 101 Å². The van der Waals surface area contributed by atoms with E-state index >= 15 is 0 Å². The van der Waals surface area contributed by atoms with Crippen LogP contribution in [0.2, 0.25) is 5.02 Å². The van der Waals surface area contributed by atoms with Gasteiger partial charge in [-0.2, -0.15) is 0 Å². The van der Waals surface area contributed by atoms with Crippen LogP contribution in [0.25, 0.3) is 22.2 Å². The molecule has 0 radical (unpaired) electrons. The van der Waals surface area contributed by atoms with Crippen molar-refractivity contribution in [2.75, 3.05) is 12.4 Å². The standard InChI is InChI=1S/C27H22ClFN4O2.C2H6/c1-30-14-21-7-10-25(35-21)18-5-8-24-22(12-18)27(32-16-31-24)33-20-6-9-26(23(28)13-20)34-15-17-3-2-4-19(29)11-17;1-2/h2-13,16,30H,14-15H2,1H3,(H,31,32,33);1-2H3. The van der Waals surface area contributed by atoms with Crippen LogP contribution in [0, 0.1) is 5.82 Å². The van der Waals surface area contributed by atoms with Gasteiger partial charge >= 0.3 is 0 Å². The van der Waals surface area contributed by atoms with Crippen molar-refractivity contribution < 1.29 is 13.5 Å². The molecule has 2 aromatic heterocycles. The molecule has 0 aliphatic rings. The normalized spacial score (nSPS) is 10.6. The molecule has 0 saturated heterocycles. The van der Waals surface area contributed by atoms with Crippen LogP contribution in [0.15, 0.2) is 83.5 Å². The summed E-state index contributed by atoms with van der Waals surface area (Å²) in [5.41, 5.74) is 3.19. The van der Waals surface area contributed by atoms with E-state index in [4.69, 9.17) is 20.8 Å². The minimum atomic E-state index is -0.303. The molecule has 0 atom stereocenters. The van der Waals surface area contributed by atoms with Crippen LogP contribution in [-0.2, 0) is 13.2 Å². The molecule has 3 aromatic carbocycles. The average molecular weight is 519 g/mol. The number of hydrogen-bond donors (Lipinski definition) is 2. The number of furan rings is 1. The van der Waals surface area contributed by atoms with Crippen molar-refractivity contribution in [1.82, 2.24) is 15.3 Å². The van der Waals surface area contributed by atoms with Crippen LogP contribution in [0.5, 0.6) is 5.75 Å². The first kappa shape index (κ1) is 26.1. The molecule has 0 bridgehead atoms. The number of ether oxygens (including phenoxy) is 1. The minimum absolute atomic E-state index is 0.215. The van der Waals surface area contributed by atoms with Crippen LogP contribution in [0.4, 0.5) is 15.9 Å². The molecule has 5 aromatic rings. The first-order chi connectivity index (χ1) is 18.1. The highest BCUT2D eigenvalue weighted by molar-refractivity contribution is 6.32. The molecule has 37 heavy (non-hydrogen) atoms. The number of anilines is 2. The van der Waals surface area contributed by atoms with Gasteiger partial charge in [0.05, 0.1) is 17.1 Å². The fourth-order valence-electron chi connectivity index (χ4n) is 3.73. The molecular formula is C29H28ClFN4O2. The number of aromatic nitrogens is 2. The second-order valence-corrected chi connectivity index (χ2v) is 8.35. The summed E-state index contributed by atoms with van der Waals surface area (Å²) in [6.45, 7) is 4.87. The third-order valence-corrected chi connectivity index (χ3v) is 5.71. The van der Waals surface area contributed by atoms with Crippen LogP contribution < -0.4 is 15.4 Å². The summed E-state index contributed by atoms with van der Waals surface area (Å²) < 4.78 is 25.1. The zero-order chi connectivity index (χ0) is 26.2. The molecule has 2 heterocycles. The van der Waals surface area contributed by atoms with Crippen LogP contribution in [0.3, 0.4) is 0 Å². The molecule has 6 nitrogen and oxygen atoms in total. The molecule has 0 aliphatic heterocycles. The van der Waals surface area contributed by atoms with Crippen molar-refractivity contribution in [3.8, 4) is 17.1 Å². The second kappa shape index (κ2) is 12.3. The van der Waals surface area contributed by atoms with Gasteiger partial charge in [0.25, 0.3) is 0 Å². The fourth-order valence-corrected chi connectivity index (χ4v) is 3.97. The molecule has 8 heteroatoms. The topological polar surface area (TPSA) is 72.2 Å². The van der Waals surface area contributed by atoms with Crippen molar-refractivity contribution in [2.24, 2.45) is 0 Å². The predicted octanol–water partition coefficient (Wildman–Crippen LogP) is 7.75. The first-order valence-corrected chi connectivity index (χ1v) is 12.4. The van der Waals surface area contributed by atoms with E-state index in [0.29, 0.717) is 23.1 Å². The van der Waals surface area contributed by atoms with Crippen LogP contribution in [0.1, 0.15) is 25.2 Å². The zero-order valence-electron chi connectivity index (χ0n) is 20.9. The Morgan fingerprint density at radius 2 is 1.84 bits per heavy atom. The number of nitrogens with one attached hydrogen (secondary N) is 2. The lowest BCUT2D eigenvalue weighted by Crippen LogP contribution is -2.03. The summed E-state index contributed by atoms with van der Waals surface area (Å²) >= 11 is 6.46. The van der Waals surface area contributed by atoms with Crippen LogP contribution >= 0.6 is 11.6 Å². The maximum Gasteiger partial charge on any atom is 0.141 e. The number of hydrogen-bond acceptors (Lipinski definition) is 6. The Hall–Kier alpha value is -3.94. The van der Waals surface area contributed by atoms with Crippen molar-refractivity contribution in [3.63, 3.8) is 0 Å². The minimum Gasteiger partial charge on any atom is -0.487 e. The van der Waals surface area contributed by atoms with Gasteiger partial charge in [-0.15, -0.1) is 0 Å². The summed E-state index contributed by atoms with van der Waals surface area (Å²) in [5, 5.41) is 7.68. The van der Waals surface area contributed by atoms with Crippen molar-refractivity contribution in [2.45, 2.75) is 27.0 Å². The van der Waals surface area contributed by atoms with Crippen LogP contribution in [-0.4, -0.2) is 17.0 Å². The average Bonchev–Trinajstić information content (AvgIpc) is 3.38. The smallest absolute Gasteiger partial charge is 0.141 e. The van der Waals surface area contributed by atoms with Gasteiger partial charge in [0.1, 0.15) is 41.8 Å². The summed E-state index contributed by atoms with van der Waals surface area (Å²) in [5.74, 6) is 2.48. The van der Waals surface area contributed by atoms with Gasteiger partial charge in [-0.3, -0.25) is 0 Å². The fraction of sp³-hybridized carbons (Fsp3) is 0.172. The summed E-state index contributed by atoms with van der Waals surface area (Å²) in [7, 11) is 1.88. The summed E-state index contributed by atoms with van der Waals surface area (Å²) in [6.07, 6.45) is 1.51. The molecule has 0 fully saturated rings. The third-order valence-electron chi connectivity index (χ3n) is 5.41. The van der Waals surface area contributed by atoms with Gasteiger partial charge < -0.3 is 19.8 Å². The number of benzene rings is 3. The Morgan fingerprint density at radius 1 is 0.973 bits per heavy atom. The highest BCUT2D eigenvalue weighted by Crippen LogP contribution is 2.32. The monoisotopic (exact) mass is 518 g/mol. The highest BCUT2D eigenvalue weighted by Gasteiger charge is 2.11. The first-order valence-electron chi connectivity index (χ1n) is 12.0. The molecule has 0 aliphatic carbocycles. The summed E-state index contributed by atoms with van der Waals surface area (Å²) in [6, 6.07) is 21.5. The van der Waals surface area contributed by atoms with E-state index in [1.54, 1.807) is 24.3 Å². The van der Waals surface area contributed by atoms with Gasteiger partial charge in [-0.05, 0) is 73.3 Å². The molecule has 0 saturated carbocycles. The van der Waals surface area contributed by atoms with E-state index in [1.165, 1.54) is 18.5 Å². The van der Waals surface area contributed by atoms with Gasteiger partial charge in [-0.1, -0.05) is 37.6 Å². The number of nitrogens with zero attached hydrogens (tertiary/aromatic N) is 2. The molecular weight excluding hydrogens is 491 g/mol. The van der Waals surface area contributed by atoms with Gasteiger partial charge in [0.15, 0.2) is 0 Å². The molecule has 0 unspecified atom stereocenters. The maximum absolute atomic E-state index is 13.4. The van der Waals surface area contributed by atoms with Crippen molar-refractivity contribution in [1.29, 1.82) is 0 Å². The van der Waals surface area contributed by atoms with E-state index in [1.807, 2.05) is 57.3 Å². The quantitative estimate of drug-likeness (QED) is 0.219. The largest absolute Gasteiger partial charge is 0.487 e. The Balaban J connectivity index is 0.00000156. The van der Waals surface area contributed by atoms with Gasteiger partial charge in [-0.25, -0.2) is 14.4 Å². The maximum atomic E-state index is 13.4. The number of halogens is 2. The highest BCUT2D eigenvalue weighted by atomic mass is 35.5. The lowest BCUT2D eigenvalue weighted by molar-refractivity contribution is 0.306. The van der Waals surface area contributed by atoms with Crippen molar-refractivity contribution >= 4 is 34.0 Å². The van der Waals surface area contributed by atoms with E-state index in [9.17, 15) is 4.39 Å². The molecule has 0 amide bonds. The predicted molar refractivity (Wildman–Crippen MR) is 147 cm³/mol. The second-order valence-electron chi connectivity index (χ2n) is 7.94. The third kappa shape index (κ3) is 6.44. The van der Waals surface area contributed by atoms with Gasteiger partial charge in [0.2, 0.25) is 0 Å². The van der Waals surface area contributed by atoms with E-state index < -0.39 is 0 Å². The molecule has 2 N–H and O–H groups in total. The molecule has 0 spiro atoms. The Bertz CT molecular complexity index is 1490. The van der Waals surface area contributed by atoms with E-state index in [-0.39, 0.29) is 12.4 Å². The molecule has 190 valence electrons. The van der Waals surface area contributed by atoms with E-state index in [0.717, 1.165) is 39.2 Å². The Morgan fingerprint density at radius 3 is 2.62 bits per heavy atom. The number of fused-ring (bicyclic) bond motifs is 1. The lowest BCUT2D eigenvalue weighted by atomic mass is 10.1. The Kier molecular flexibility index (Phi) is 8.72. The van der Waals surface area contributed by atoms with Gasteiger partial charge in [0, 0.05) is 16.6 Å². The SMILES string of the molecule is CC.CNCc1ccc(-c2ccc3ncnc(Nc4ccc(OCc5cccc(F)c5)c(Cl)c4)c3c2)o1.